The van der Waals surface area contributed by atoms with Gasteiger partial charge in [-0.15, -0.1) is 0 Å². The monoisotopic (exact) mass is 490 g/mol. The number of nitrogens with two attached hydrogens (primary N) is 2. The third-order valence-electron chi connectivity index (χ3n) is 7.67. The summed E-state index contributed by atoms with van der Waals surface area (Å²) in [4.78, 5) is 0. The molecule has 0 bridgehead atoms. The molecule has 4 N–H and O–H groups in total. The van der Waals surface area contributed by atoms with Crippen molar-refractivity contribution in [3.63, 3.8) is 0 Å². The largest absolute Gasteiger partial charge is 0.399 e. The molecule has 0 aliphatic carbocycles. The van der Waals surface area contributed by atoms with Crippen LogP contribution >= 0.6 is 0 Å². The van der Waals surface area contributed by atoms with E-state index in [0.717, 1.165) is 43.5 Å². The summed E-state index contributed by atoms with van der Waals surface area (Å²) < 4.78 is 0. The van der Waals surface area contributed by atoms with Crippen LogP contribution in [0.5, 0.6) is 0 Å². The lowest BCUT2D eigenvalue weighted by molar-refractivity contribution is 0.694. The molecule has 2 nitrogen and oxygen atoms in total. The molecule has 0 aliphatic rings. The van der Waals surface area contributed by atoms with Gasteiger partial charge in [0.1, 0.15) is 0 Å². The molecule has 0 radical (unpaired) electrons. The molecule has 0 amide bonds. The lowest BCUT2D eigenvalue weighted by atomic mass is 9.84. The Balaban J connectivity index is 1.50. The zero-order chi connectivity index (χ0) is 26.4. The SMILES string of the molecule is CCCC(c1ccc(Cc2ccc(C(CCC)c3ccc(N)cc3C)cc2)cc1)c1ccc(N)cc1C. The summed E-state index contributed by atoms with van der Waals surface area (Å²) in [6.45, 7) is 8.87. The summed E-state index contributed by atoms with van der Waals surface area (Å²) in [6, 6.07) is 31.1. The number of hydrogen-bond donors (Lipinski definition) is 2. The van der Waals surface area contributed by atoms with Gasteiger partial charge in [-0.2, -0.15) is 0 Å². The van der Waals surface area contributed by atoms with Gasteiger partial charge >= 0.3 is 0 Å². The molecular weight excluding hydrogens is 448 g/mol. The smallest absolute Gasteiger partial charge is 0.0316 e. The fraction of sp³-hybridized carbons (Fsp3) is 0.314. The Kier molecular flexibility index (Phi) is 8.71. The van der Waals surface area contributed by atoms with Crippen molar-refractivity contribution in [2.24, 2.45) is 0 Å². The van der Waals surface area contributed by atoms with Crippen LogP contribution in [0.4, 0.5) is 11.4 Å². The number of anilines is 2. The van der Waals surface area contributed by atoms with Gasteiger partial charge in [-0.3, -0.25) is 0 Å². The van der Waals surface area contributed by atoms with Crippen LogP contribution in [0.15, 0.2) is 84.9 Å². The van der Waals surface area contributed by atoms with Gasteiger partial charge in [-0.25, -0.2) is 0 Å². The number of nitrogen functional groups attached to an aromatic ring is 2. The second-order valence-electron chi connectivity index (χ2n) is 10.6. The number of benzene rings is 4. The predicted molar refractivity (Wildman–Crippen MR) is 160 cm³/mol. The Morgan fingerprint density at radius 2 is 0.919 bits per heavy atom. The summed E-state index contributed by atoms with van der Waals surface area (Å²) in [6.07, 6.45) is 5.52. The molecular formula is C35H42N2. The maximum atomic E-state index is 6.01. The normalized spacial score (nSPS) is 12.9. The molecule has 37 heavy (non-hydrogen) atoms. The van der Waals surface area contributed by atoms with E-state index in [-0.39, 0.29) is 0 Å². The standard InChI is InChI=1S/C35H42N2/c1-5-7-34(32-19-17-30(36)21-24(32)3)28-13-9-26(10-14-28)23-27-11-15-29(16-12-27)35(8-6-2)33-20-18-31(37)22-25(33)4/h9-22,34-35H,5-8,23,36-37H2,1-4H3. The van der Waals surface area contributed by atoms with E-state index in [9.17, 15) is 0 Å². The first-order chi connectivity index (χ1) is 17.9. The average Bonchev–Trinajstić information content (AvgIpc) is 2.88. The lowest BCUT2D eigenvalue weighted by Crippen LogP contribution is -2.05. The van der Waals surface area contributed by atoms with Gasteiger partial charge in [0.05, 0.1) is 0 Å². The highest BCUT2D eigenvalue weighted by Crippen LogP contribution is 2.34. The predicted octanol–water partition coefficient (Wildman–Crippen LogP) is 8.92. The van der Waals surface area contributed by atoms with Crippen molar-refractivity contribution in [2.75, 3.05) is 11.5 Å². The summed E-state index contributed by atoms with van der Waals surface area (Å²) in [5, 5.41) is 0. The fourth-order valence-corrected chi connectivity index (χ4v) is 5.73. The summed E-state index contributed by atoms with van der Waals surface area (Å²) in [5.41, 5.74) is 24.5. The van der Waals surface area contributed by atoms with Crippen LogP contribution in [0, 0.1) is 13.8 Å². The second kappa shape index (κ2) is 12.1. The van der Waals surface area contributed by atoms with Crippen LogP contribution < -0.4 is 11.5 Å². The Morgan fingerprint density at radius 1 is 0.541 bits per heavy atom. The molecule has 4 aromatic carbocycles. The van der Waals surface area contributed by atoms with E-state index >= 15 is 0 Å². The molecule has 192 valence electrons. The lowest BCUT2D eigenvalue weighted by Gasteiger charge is -2.21. The van der Waals surface area contributed by atoms with E-state index < -0.39 is 0 Å². The van der Waals surface area contributed by atoms with Crippen molar-refractivity contribution in [2.45, 2.75) is 71.6 Å². The zero-order valence-electron chi connectivity index (χ0n) is 22.9. The van der Waals surface area contributed by atoms with E-state index in [2.05, 4.69) is 100 Å². The third-order valence-corrected chi connectivity index (χ3v) is 7.67. The number of hydrogen-bond acceptors (Lipinski definition) is 2. The van der Waals surface area contributed by atoms with Crippen LogP contribution in [0.1, 0.15) is 95.9 Å². The van der Waals surface area contributed by atoms with Gasteiger partial charge in [0.25, 0.3) is 0 Å². The zero-order valence-corrected chi connectivity index (χ0v) is 22.9. The molecule has 0 aromatic heterocycles. The Labute approximate surface area is 223 Å². The van der Waals surface area contributed by atoms with Gasteiger partial charge in [0.2, 0.25) is 0 Å². The van der Waals surface area contributed by atoms with Crippen LogP contribution in [0.3, 0.4) is 0 Å². The molecule has 4 aromatic rings. The van der Waals surface area contributed by atoms with Crippen molar-refractivity contribution in [3.8, 4) is 0 Å². The first-order valence-electron chi connectivity index (χ1n) is 13.8. The Hall–Kier alpha value is -3.52. The van der Waals surface area contributed by atoms with Crippen LogP contribution in [-0.4, -0.2) is 0 Å². The van der Waals surface area contributed by atoms with Crippen LogP contribution in [0.2, 0.25) is 0 Å². The molecule has 0 heterocycles. The molecule has 0 saturated heterocycles. The second-order valence-corrected chi connectivity index (χ2v) is 10.6. The Morgan fingerprint density at radius 3 is 1.24 bits per heavy atom. The minimum absolute atomic E-state index is 0.409. The summed E-state index contributed by atoms with van der Waals surface area (Å²) in [7, 11) is 0. The highest BCUT2D eigenvalue weighted by atomic mass is 14.5. The highest BCUT2D eigenvalue weighted by molar-refractivity contribution is 5.49. The van der Waals surface area contributed by atoms with Gasteiger partial charge in [0, 0.05) is 23.2 Å². The van der Waals surface area contributed by atoms with E-state index in [1.165, 1.54) is 44.5 Å². The highest BCUT2D eigenvalue weighted by Gasteiger charge is 2.17. The van der Waals surface area contributed by atoms with E-state index in [1.54, 1.807) is 0 Å². The van der Waals surface area contributed by atoms with E-state index in [0.29, 0.717) is 11.8 Å². The molecule has 2 heteroatoms. The third kappa shape index (κ3) is 6.43. The topological polar surface area (TPSA) is 52.0 Å². The summed E-state index contributed by atoms with van der Waals surface area (Å²) in [5.74, 6) is 0.817. The maximum Gasteiger partial charge on any atom is 0.0316 e. The van der Waals surface area contributed by atoms with E-state index in [4.69, 9.17) is 11.5 Å². The first kappa shape index (κ1) is 26.5. The van der Waals surface area contributed by atoms with Crippen molar-refractivity contribution in [3.05, 3.63) is 129 Å². The van der Waals surface area contributed by atoms with Crippen LogP contribution in [-0.2, 0) is 6.42 Å². The average molecular weight is 491 g/mol. The molecule has 4 rings (SSSR count). The molecule has 2 unspecified atom stereocenters. The molecule has 0 saturated carbocycles. The van der Waals surface area contributed by atoms with Crippen molar-refractivity contribution in [1.29, 1.82) is 0 Å². The van der Waals surface area contributed by atoms with Gasteiger partial charge < -0.3 is 11.5 Å². The number of aryl methyl sites for hydroxylation is 2. The van der Waals surface area contributed by atoms with Crippen molar-refractivity contribution < 1.29 is 0 Å². The first-order valence-corrected chi connectivity index (χ1v) is 13.8. The fourth-order valence-electron chi connectivity index (χ4n) is 5.73. The Bertz CT molecular complexity index is 1200. The number of rotatable bonds is 10. The van der Waals surface area contributed by atoms with Crippen molar-refractivity contribution in [1.82, 2.24) is 0 Å². The van der Waals surface area contributed by atoms with Gasteiger partial charge in [-0.05, 0) is 102 Å². The molecule has 2 atom stereocenters. The van der Waals surface area contributed by atoms with Gasteiger partial charge in [0.15, 0.2) is 0 Å². The quantitative estimate of drug-likeness (QED) is 0.218. The molecule has 0 aliphatic heterocycles. The summed E-state index contributed by atoms with van der Waals surface area (Å²) >= 11 is 0. The molecule has 0 fully saturated rings. The molecule has 0 spiro atoms. The van der Waals surface area contributed by atoms with Gasteiger partial charge in [-0.1, -0.05) is 87.4 Å². The minimum atomic E-state index is 0.409. The van der Waals surface area contributed by atoms with Crippen LogP contribution in [0.25, 0.3) is 0 Å². The van der Waals surface area contributed by atoms with Crippen molar-refractivity contribution >= 4 is 11.4 Å². The minimum Gasteiger partial charge on any atom is -0.399 e. The maximum absolute atomic E-state index is 6.01. The van der Waals surface area contributed by atoms with E-state index in [1.807, 2.05) is 12.1 Å².